The van der Waals surface area contributed by atoms with Gasteiger partial charge in [0.25, 0.3) is 0 Å². The number of aliphatic imine (C=N–C) groups is 1. The molecule has 0 amide bonds. The van der Waals surface area contributed by atoms with Gasteiger partial charge in [-0.1, -0.05) is 18.2 Å². The first kappa shape index (κ1) is 17.3. The lowest BCUT2D eigenvalue weighted by Crippen LogP contribution is -2.36. The fourth-order valence-electron chi connectivity index (χ4n) is 1.99. The van der Waals surface area contributed by atoms with Crippen molar-refractivity contribution in [3.63, 3.8) is 0 Å². The zero-order valence-corrected chi connectivity index (χ0v) is 14.7. The second-order valence-electron chi connectivity index (χ2n) is 4.88. The molecule has 0 atom stereocenters. The van der Waals surface area contributed by atoms with Gasteiger partial charge in [0.15, 0.2) is 5.96 Å². The third kappa shape index (κ3) is 5.25. The van der Waals surface area contributed by atoms with E-state index in [4.69, 9.17) is 4.74 Å². The Labute approximate surface area is 143 Å². The van der Waals surface area contributed by atoms with E-state index in [0.717, 1.165) is 16.9 Å². The first-order valence-corrected chi connectivity index (χ1v) is 7.93. The Kier molecular flexibility index (Phi) is 6.40. The van der Waals surface area contributed by atoms with E-state index in [1.165, 1.54) is 6.07 Å². The van der Waals surface area contributed by atoms with Gasteiger partial charge in [0.05, 0.1) is 11.6 Å². The van der Waals surface area contributed by atoms with Gasteiger partial charge in [-0.05, 0) is 51.3 Å². The van der Waals surface area contributed by atoms with Crippen LogP contribution < -0.4 is 15.4 Å². The van der Waals surface area contributed by atoms with Crippen LogP contribution in [0.1, 0.15) is 11.1 Å². The van der Waals surface area contributed by atoms with Gasteiger partial charge in [0.2, 0.25) is 0 Å². The molecule has 0 bridgehead atoms. The molecule has 0 saturated carbocycles. The highest BCUT2D eigenvalue weighted by Gasteiger charge is 2.03. The van der Waals surface area contributed by atoms with Crippen molar-refractivity contribution in [2.45, 2.75) is 13.1 Å². The second kappa shape index (κ2) is 8.53. The highest BCUT2D eigenvalue weighted by molar-refractivity contribution is 9.10. The standard InChI is InChI=1S/C17H19BrFN3O/c1-20-17(21-10-12-3-6-14(23-2)7-4-12)22-11-13-5-8-15(18)16(19)9-13/h3-9H,10-11H2,1-2H3,(H2,20,21,22). The summed E-state index contributed by atoms with van der Waals surface area (Å²) < 4.78 is 19.1. The molecule has 0 heterocycles. The van der Waals surface area contributed by atoms with E-state index in [2.05, 4.69) is 31.6 Å². The van der Waals surface area contributed by atoms with Crippen LogP contribution in [0.2, 0.25) is 0 Å². The molecule has 0 aliphatic carbocycles. The Morgan fingerprint density at radius 2 is 1.70 bits per heavy atom. The number of ether oxygens (including phenoxy) is 1. The number of nitrogens with one attached hydrogen (secondary N) is 2. The van der Waals surface area contributed by atoms with Crippen LogP contribution in [0.4, 0.5) is 4.39 Å². The average Bonchev–Trinajstić information content (AvgIpc) is 2.58. The van der Waals surface area contributed by atoms with Crippen molar-refractivity contribution in [2.75, 3.05) is 14.2 Å². The molecule has 0 aliphatic rings. The zero-order valence-electron chi connectivity index (χ0n) is 13.1. The molecule has 0 unspecified atom stereocenters. The molecule has 2 aromatic carbocycles. The van der Waals surface area contributed by atoms with Gasteiger partial charge in [0, 0.05) is 20.1 Å². The summed E-state index contributed by atoms with van der Waals surface area (Å²) in [5.74, 6) is 1.21. The fourth-order valence-corrected chi connectivity index (χ4v) is 2.23. The molecule has 0 aromatic heterocycles. The molecule has 6 heteroatoms. The molecule has 23 heavy (non-hydrogen) atoms. The average molecular weight is 380 g/mol. The smallest absolute Gasteiger partial charge is 0.191 e. The fraction of sp³-hybridized carbons (Fsp3) is 0.235. The summed E-state index contributed by atoms with van der Waals surface area (Å²) in [6.07, 6.45) is 0. The largest absolute Gasteiger partial charge is 0.497 e. The third-order valence-corrected chi connectivity index (χ3v) is 3.93. The molecule has 0 aliphatic heterocycles. The minimum Gasteiger partial charge on any atom is -0.497 e. The minimum absolute atomic E-state index is 0.273. The van der Waals surface area contributed by atoms with Gasteiger partial charge in [0.1, 0.15) is 11.6 Å². The topological polar surface area (TPSA) is 45.7 Å². The van der Waals surface area contributed by atoms with Crippen molar-refractivity contribution in [2.24, 2.45) is 4.99 Å². The minimum atomic E-state index is -0.273. The normalized spacial score (nSPS) is 11.2. The van der Waals surface area contributed by atoms with Gasteiger partial charge >= 0.3 is 0 Å². The van der Waals surface area contributed by atoms with Crippen LogP contribution in [0.25, 0.3) is 0 Å². The van der Waals surface area contributed by atoms with Crippen molar-refractivity contribution in [3.8, 4) is 5.75 Å². The van der Waals surface area contributed by atoms with Gasteiger partial charge < -0.3 is 15.4 Å². The van der Waals surface area contributed by atoms with Crippen molar-refractivity contribution in [3.05, 3.63) is 63.9 Å². The summed E-state index contributed by atoms with van der Waals surface area (Å²) in [4.78, 5) is 4.16. The zero-order chi connectivity index (χ0) is 16.7. The Bertz CT molecular complexity index is 674. The number of guanidine groups is 1. The molecule has 0 fully saturated rings. The van der Waals surface area contributed by atoms with E-state index in [9.17, 15) is 4.39 Å². The number of hydrogen-bond acceptors (Lipinski definition) is 2. The van der Waals surface area contributed by atoms with Crippen molar-refractivity contribution < 1.29 is 9.13 Å². The monoisotopic (exact) mass is 379 g/mol. The highest BCUT2D eigenvalue weighted by atomic mass is 79.9. The quantitative estimate of drug-likeness (QED) is 0.617. The molecule has 0 radical (unpaired) electrons. The molecule has 2 N–H and O–H groups in total. The Hall–Kier alpha value is -2.08. The van der Waals surface area contributed by atoms with Crippen LogP contribution in [0.15, 0.2) is 51.9 Å². The Balaban J connectivity index is 1.86. The molecular weight excluding hydrogens is 361 g/mol. The lowest BCUT2D eigenvalue weighted by atomic mass is 10.2. The van der Waals surface area contributed by atoms with Gasteiger partial charge in [-0.3, -0.25) is 4.99 Å². The van der Waals surface area contributed by atoms with E-state index >= 15 is 0 Å². The Morgan fingerprint density at radius 3 is 2.26 bits per heavy atom. The van der Waals surface area contributed by atoms with Crippen LogP contribution in [0.3, 0.4) is 0 Å². The van der Waals surface area contributed by atoms with E-state index in [1.54, 1.807) is 20.2 Å². The van der Waals surface area contributed by atoms with Gasteiger partial charge in [-0.25, -0.2) is 4.39 Å². The number of methoxy groups -OCH3 is 1. The van der Waals surface area contributed by atoms with Crippen LogP contribution in [-0.2, 0) is 13.1 Å². The van der Waals surface area contributed by atoms with Crippen molar-refractivity contribution in [1.29, 1.82) is 0 Å². The lowest BCUT2D eigenvalue weighted by molar-refractivity contribution is 0.414. The van der Waals surface area contributed by atoms with Gasteiger partial charge in [-0.15, -0.1) is 0 Å². The number of rotatable bonds is 5. The first-order chi connectivity index (χ1) is 11.1. The summed E-state index contributed by atoms with van der Waals surface area (Å²) in [6.45, 7) is 1.13. The maximum atomic E-state index is 13.5. The number of benzene rings is 2. The van der Waals surface area contributed by atoms with Crippen LogP contribution in [0.5, 0.6) is 5.75 Å². The summed E-state index contributed by atoms with van der Waals surface area (Å²) in [5, 5.41) is 6.37. The summed E-state index contributed by atoms with van der Waals surface area (Å²) >= 11 is 3.14. The van der Waals surface area contributed by atoms with Crippen molar-refractivity contribution >= 4 is 21.9 Å². The maximum absolute atomic E-state index is 13.5. The SMILES string of the molecule is CN=C(NCc1ccc(OC)cc1)NCc1ccc(Br)c(F)c1. The van der Waals surface area contributed by atoms with Gasteiger partial charge in [-0.2, -0.15) is 0 Å². The molecule has 2 aromatic rings. The van der Waals surface area contributed by atoms with Crippen molar-refractivity contribution in [1.82, 2.24) is 10.6 Å². The Morgan fingerprint density at radius 1 is 1.09 bits per heavy atom. The molecule has 4 nitrogen and oxygen atoms in total. The molecule has 0 spiro atoms. The number of halogens is 2. The maximum Gasteiger partial charge on any atom is 0.191 e. The number of hydrogen-bond donors (Lipinski definition) is 2. The molecule has 0 saturated heterocycles. The summed E-state index contributed by atoms with van der Waals surface area (Å²) in [7, 11) is 3.34. The summed E-state index contributed by atoms with van der Waals surface area (Å²) in [5.41, 5.74) is 1.96. The van der Waals surface area contributed by atoms with E-state index in [1.807, 2.05) is 30.3 Å². The van der Waals surface area contributed by atoms with E-state index in [-0.39, 0.29) is 5.82 Å². The van der Waals surface area contributed by atoms with Crippen LogP contribution in [-0.4, -0.2) is 20.1 Å². The van der Waals surface area contributed by atoms with Crippen LogP contribution >= 0.6 is 15.9 Å². The predicted octanol–water partition coefficient (Wildman–Crippen LogP) is 3.46. The number of nitrogens with zero attached hydrogens (tertiary/aromatic N) is 1. The van der Waals surface area contributed by atoms with Crippen LogP contribution in [0, 0.1) is 5.82 Å². The van der Waals surface area contributed by atoms with E-state index < -0.39 is 0 Å². The second-order valence-corrected chi connectivity index (χ2v) is 5.73. The molecule has 2 rings (SSSR count). The summed E-state index contributed by atoms with van der Waals surface area (Å²) in [6, 6.07) is 12.9. The predicted molar refractivity (Wildman–Crippen MR) is 94.1 cm³/mol. The lowest BCUT2D eigenvalue weighted by Gasteiger charge is -2.12. The first-order valence-electron chi connectivity index (χ1n) is 7.13. The molecular formula is C17H19BrFN3O. The highest BCUT2D eigenvalue weighted by Crippen LogP contribution is 2.16. The third-order valence-electron chi connectivity index (χ3n) is 3.29. The van der Waals surface area contributed by atoms with E-state index in [0.29, 0.717) is 23.5 Å². The molecule has 122 valence electrons.